The van der Waals surface area contributed by atoms with Crippen LogP contribution in [0.4, 0.5) is 0 Å². The Labute approximate surface area is 38.7 Å². The molecular weight excluding hydrogens is 341 g/mol. The molecule has 1 aliphatic heterocycles. The summed E-state index contributed by atoms with van der Waals surface area (Å²) >= 11 is 0. The summed E-state index contributed by atoms with van der Waals surface area (Å²) in [5.74, 6) is 0.880. The van der Waals surface area contributed by atoms with E-state index in [9.17, 15) is 0 Å². The molecule has 0 saturated carbocycles. The van der Waals surface area contributed by atoms with Crippen molar-refractivity contribution >= 4 is 0 Å². The first-order valence-electron chi connectivity index (χ1n) is 2.53. The Morgan fingerprint density at radius 3 is 2.43 bits per heavy atom. The summed E-state index contributed by atoms with van der Waals surface area (Å²) in [4.78, 5) is 0. The van der Waals surface area contributed by atoms with Crippen LogP contribution in [0.1, 0.15) is 13.3 Å². The molecule has 1 saturated heterocycles. The Morgan fingerprint density at radius 1 is 1.57 bits per heavy atom. The third kappa shape index (κ3) is 1.22. The van der Waals surface area contributed by atoms with Gasteiger partial charge in [-0.05, 0) is 0 Å². The molecule has 0 bridgehead atoms. The summed E-state index contributed by atoms with van der Waals surface area (Å²) in [7, 11) is 0. The van der Waals surface area contributed by atoms with E-state index in [1.807, 2.05) is 0 Å². The second kappa shape index (κ2) is 2.19. The normalized spacial score (nSPS) is 29.6. The van der Waals surface area contributed by atoms with Crippen molar-refractivity contribution < 1.29 is 0 Å². The maximum Gasteiger partial charge on any atom is 0 e. The van der Waals surface area contributed by atoms with Crippen molar-refractivity contribution in [2.24, 2.45) is 5.92 Å². The monoisotopic (exact) mass is 351 g/mol. The van der Waals surface area contributed by atoms with Gasteiger partial charge in [0, 0.05) is 0 Å². The van der Waals surface area contributed by atoms with Gasteiger partial charge >= 0.3 is 0 Å². The first-order valence-corrected chi connectivity index (χ1v) is 2.53. The molecule has 1 nitrogen and oxygen atoms in total. The molecule has 0 radical (unpaired) electrons. The topological polar surface area (TPSA) is 14.1 Å². The number of hydrogen-bond donors (Lipinski definition) is 0. The minimum absolute atomic E-state index is 0. The van der Waals surface area contributed by atoms with Gasteiger partial charge in [-0.15, -0.1) is 13.1 Å². The zero-order valence-corrected chi connectivity index (χ0v) is 11.3. The third-order valence-corrected chi connectivity index (χ3v) is 1.22. The van der Waals surface area contributed by atoms with Crippen LogP contribution in [0.2, 0.25) is 0 Å². The van der Waals surface area contributed by atoms with Gasteiger partial charge in [-0.25, -0.2) is 0 Å². The average Bonchev–Trinajstić information content (AvgIpc) is 1.86. The fourth-order valence-electron chi connectivity index (χ4n) is 0.715. The molecule has 0 amide bonds. The van der Waals surface area contributed by atoms with Gasteiger partial charge in [-0.3, -0.25) is 0 Å². The van der Waals surface area contributed by atoms with Crippen LogP contribution in [0.5, 0.6) is 0 Å². The summed E-state index contributed by atoms with van der Waals surface area (Å²) in [6, 6.07) is 0. The molecule has 1 aliphatic rings. The van der Waals surface area contributed by atoms with E-state index in [0.29, 0.717) is 0 Å². The molecule has 7 heavy (non-hydrogen) atoms. The molecule has 1 heterocycles. The van der Waals surface area contributed by atoms with E-state index >= 15 is 0 Å². The summed E-state index contributed by atoms with van der Waals surface area (Å²) in [5.41, 5.74) is 0. The van der Waals surface area contributed by atoms with Crippen molar-refractivity contribution in [3.8, 4) is 0 Å². The van der Waals surface area contributed by atoms with Crippen LogP contribution in [-0.4, -0.2) is 13.1 Å². The van der Waals surface area contributed by atoms with Crippen LogP contribution in [0.25, 0.3) is 5.32 Å². The Balaban J connectivity index is 0.000000360. The Hall–Kier alpha value is -1.04. The smallest absolute Gasteiger partial charge is 0 e. The molecule has 2 heteroatoms. The van der Waals surface area contributed by atoms with Crippen LogP contribution in [0.3, 0.4) is 0 Å². The minimum atomic E-state index is 0. The van der Waals surface area contributed by atoms with Crippen molar-refractivity contribution in [1.29, 1.82) is 0 Å². The van der Waals surface area contributed by atoms with Crippen molar-refractivity contribution in [2.75, 3.05) is 13.1 Å². The molecule has 1 atom stereocenters. The molecule has 0 aromatic heterocycles. The quantitative estimate of drug-likeness (QED) is 0.627. The summed E-state index contributed by atoms with van der Waals surface area (Å²) in [5, 5.41) is 4.16. The predicted octanol–water partition coefficient (Wildman–Crippen LogP) is 1.40. The second-order valence-electron chi connectivity index (χ2n) is 2.02. The first kappa shape index (κ1) is 5.96. The van der Waals surface area contributed by atoms with Gasteiger partial charge in [-0.2, -0.15) is 0 Å². The van der Waals surface area contributed by atoms with Gasteiger partial charge < -0.3 is 5.32 Å². The summed E-state index contributed by atoms with van der Waals surface area (Å²) in [6.07, 6.45) is 1.32. The van der Waals surface area contributed by atoms with E-state index in [4.69, 9.17) is 0 Å². The molecule has 0 aromatic rings. The Kier molecular flexibility index (Phi) is 1.86. The van der Waals surface area contributed by atoms with E-state index in [-0.39, 0.29) is 0 Å². The van der Waals surface area contributed by atoms with Gasteiger partial charge in [-0.1, -0.05) is 19.3 Å². The van der Waals surface area contributed by atoms with Crippen molar-refractivity contribution in [3.05, 3.63) is 5.32 Å². The minimum Gasteiger partial charge on any atom is -0.662 e. The van der Waals surface area contributed by atoms with E-state index in [2.05, 4.69) is 12.2 Å². The maximum atomic E-state index is 4.16. The molecule has 0 N–H and O–H groups in total. The molecule has 0 aliphatic carbocycles. The average molecular weight is 351 g/mol. The summed E-state index contributed by atoms with van der Waals surface area (Å²) < 4.78 is 0. The van der Waals surface area contributed by atoms with Gasteiger partial charge in [0.2, 0.25) is 0 Å². The zero-order valence-electron chi connectivity index (χ0n) is 4.85. The van der Waals surface area contributed by atoms with E-state index in [1.54, 1.807) is 0 Å². The molecule has 38 valence electrons. The van der Waals surface area contributed by atoms with Crippen molar-refractivity contribution in [3.63, 3.8) is 0 Å². The molecule has 1 fully saturated rings. The largest absolute Gasteiger partial charge is 0.662 e. The maximum absolute atomic E-state index is 4.16. The van der Waals surface area contributed by atoms with E-state index < -0.39 is 0 Å². The predicted molar refractivity (Wildman–Crippen MR) is 26.9 cm³/mol. The van der Waals surface area contributed by atoms with Crippen molar-refractivity contribution in [1.82, 2.24) is 0 Å². The molecule has 0 spiro atoms. The first-order chi connectivity index (χ1) is 2.89. The zero-order chi connectivity index (χ0) is 4.41. The molecule has 0 aromatic carbocycles. The number of nitrogens with zero attached hydrogens (tertiary/aromatic N) is 1. The molecular formula is C5H10NRf-. The van der Waals surface area contributed by atoms with Crippen LogP contribution >= 0.6 is 0 Å². The van der Waals surface area contributed by atoms with Gasteiger partial charge in [0.1, 0.15) is 0 Å². The van der Waals surface area contributed by atoms with Gasteiger partial charge in [0.25, 0.3) is 0 Å². The van der Waals surface area contributed by atoms with Crippen LogP contribution in [0, 0.1) is 5.92 Å². The Bertz CT molecular complexity index is 41.3. The van der Waals surface area contributed by atoms with Crippen LogP contribution in [-0.2, 0) is 0 Å². The molecule has 1 rings (SSSR count). The fraction of sp³-hybridized carbons (Fsp3) is 1.00. The Morgan fingerprint density at radius 2 is 2.29 bits per heavy atom. The van der Waals surface area contributed by atoms with E-state index in [1.165, 1.54) is 6.42 Å². The van der Waals surface area contributed by atoms with Crippen LogP contribution in [0.15, 0.2) is 0 Å². The van der Waals surface area contributed by atoms with Crippen LogP contribution < -0.4 is 0 Å². The van der Waals surface area contributed by atoms with Crippen molar-refractivity contribution in [2.45, 2.75) is 13.3 Å². The summed E-state index contributed by atoms with van der Waals surface area (Å²) in [6.45, 7) is 4.47. The number of rotatable bonds is 0. The van der Waals surface area contributed by atoms with E-state index in [0.717, 1.165) is 19.0 Å². The SMILES string of the molecule is CC1CC[N-]C1.[Rf]. The third-order valence-electron chi connectivity index (χ3n) is 1.22. The fourth-order valence-corrected chi connectivity index (χ4v) is 0.715. The second-order valence-corrected chi connectivity index (χ2v) is 2.02. The molecule has 1 unspecified atom stereocenters. The van der Waals surface area contributed by atoms with Gasteiger partial charge in [0.15, 0.2) is 0 Å². The van der Waals surface area contributed by atoms with Gasteiger partial charge in [0.05, 0.1) is 0 Å². The standard InChI is InChI=1S/C5H10N.Rf/c1-5-2-3-6-4-5;/h5H,2-4H2,1H3;/q-1;. The number of hydrogen-bond acceptors (Lipinski definition) is 0.